The topological polar surface area (TPSA) is 34.9 Å². The molecule has 0 N–H and O–H groups in total. The van der Waals surface area contributed by atoms with Gasteiger partial charge in [0.05, 0.1) is 11.8 Å². The van der Waals surface area contributed by atoms with Crippen LogP contribution >= 0.6 is 0 Å². The molecule has 0 atom stereocenters. The lowest BCUT2D eigenvalue weighted by atomic mass is 10.1. The minimum absolute atomic E-state index is 0.226. The first kappa shape index (κ1) is 12.9. The average molecular weight is 222 g/mol. The fourth-order valence-corrected chi connectivity index (χ4v) is 1.78. The molecule has 0 radical (unpaired) electrons. The third-order valence-electron chi connectivity index (χ3n) is 2.78. The van der Waals surface area contributed by atoms with Crippen molar-refractivity contribution in [1.29, 1.82) is 0 Å². The number of hydrogen-bond donors (Lipinski definition) is 0. The van der Waals surface area contributed by atoms with Gasteiger partial charge in [0.1, 0.15) is 0 Å². The van der Waals surface area contributed by atoms with Crippen LogP contribution < -0.4 is 0 Å². The zero-order valence-corrected chi connectivity index (χ0v) is 10.4. The zero-order valence-electron chi connectivity index (χ0n) is 10.4. The molecule has 0 unspecified atom stereocenters. The summed E-state index contributed by atoms with van der Waals surface area (Å²) < 4.78 is 1.68. The first-order valence-electron chi connectivity index (χ1n) is 6.26. The normalized spacial score (nSPS) is 10.6. The van der Waals surface area contributed by atoms with Crippen molar-refractivity contribution in [1.82, 2.24) is 9.78 Å². The maximum Gasteiger partial charge on any atom is 0.166 e. The highest BCUT2D eigenvalue weighted by molar-refractivity contribution is 5.95. The van der Waals surface area contributed by atoms with Crippen molar-refractivity contribution < 1.29 is 4.79 Å². The van der Waals surface area contributed by atoms with E-state index in [1.807, 2.05) is 7.05 Å². The quantitative estimate of drug-likeness (QED) is 0.499. The number of carbonyl (C=O) groups excluding carboxylic acids is 1. The van der Waals surface area contributed by atoms with Gasteiger partial charge in [-0.1, -0.05) is 39.0 Å². The summed E-state index contributed by atoms with van der Waals surface area (Å²) in [5, 5.41) is 4.00. The molecule has 0 fully saturated rings. The van der Waals surface area contributed by atoms with Gasteiger partial charge < -0.3 is 0 Å². The van der Waals surface area contributed by atoms with Gasteiger partial charge in [0.15, 0.2) is 5.78 Å². The lowest BCUT2D eigenvalue weighted by Gasteiger charge is -1.99. The van der Waals surface area contributed by atoms with E-state index in [-0.39, 0.29) is 5.78 Å². The van der Waals surface area contributed by atoms with Crippen LogP contribution in [0.25, 0.3) is 0 Å². The van der Waals surface area contributed by atoms with E-state index in [0.717, 1.165) is 12.0 Å². The number of nitrogens with zero attached hydrogens (tertiary/aromatic N) is 2. The molecule has 1 aromatic rings. The summed E-state index contributed by atoms with van der Waals surface area (Å²) in [5.41, 5.74) is 0.746. The van der Waals surface area contributed by atoms with Crippen molar-refractivity contribution in [3.05, 3.63) is 18.0 Å². The SMILES string of the molecule is CCCCCCCCC(=O)c1cnn(C)c1. The number of rotatable bonds is 8. The van der Waals surface area contributed by atoms with E-state index >= 15 is 0 Å². The Kier molecular flexibility index (Phi) is 5.83. The third-order valence-corrected chi connectivity index (χ3v) is 2.78. The van der Waals surface area contributed by atoms with Crippen molar-refractivity contribution in [2.75, 3.05) is 0 Å². The van der Waals surface area contributed by atoms with Gasteiger partial charge in [-0.3, -0.25) is 9.48 Å². The minimum atomic E-state index is 0.226. The molecule has 0 saturated heterocycles. The second-order valence-corrected chi connectivity index (χ2v) is 4.34. The molecule has 1 aromatic heterocycles. The summed E-state index contributed by atoms with van der Waals surface area (Å²) in [4.78, 5) is 11.7. The summed E-state index contributed by atoms with van der Waals surface area (Å²) in [5.74, 6) is 0.226. The van der Waals surface area contributed by atoms with Crippen molar-refractivity contribution in [3.8, 4) is 0 Å². The molecule has 0 spiro atoms. The lowest BCUT2D eigenvalue weighted by Crippen LogP contribution is -1.97. The van der Waals surface area contributed by atoms with Crippen LogP contribution in [0.5, 0.6) is 0 Å². The molecule has 0 bridgehead atoms. The Morgan fingerprint density at radius 1 is 1.25 bits per heavy atom. The summed E-state index contributed by atoms with van der Waals surface area (Å²) in [6.07, 6.45) is 11.4. The molecule has 90 valence electrons. The van der Waals surface area contributed by atoms with Crippen LogP contribution in [0.15, 0.2) is 12.4 Å². The van der Waals surface area contributed by atoms with Gasteiger partial charge in [-0.05, 0) is 6.42 Å². The highest BCUT2D eigenvalue weighted by Crippen LogP contribution is 2.10. The Morgan fingerprint density at radius 2 is 1.94 bits per heavy atom. The van der Waals surface area contributed by atoms with E-state index in [1.165, 1.54) is 32.1 Å². The van der Waals surface area contributed by atoms with E-state index in [1.54, 1.807) is 17.1 Å². The fraction of sp³-hybridized carbons (Fsp3) is 0.692. The van der Waals surface area contributed by atoms with E-state index in [2.05, 4.69) is 12.0 Å². The predicted octanol–water partition coefficient (Wildman–Crippen LogP) is 3.35. The Morgan fingerprint density at radius 3 is 2.56 bits per heavy atom. The molecule has 0 saturated carbocycles. The number of aromatic nitrogens is 2. The summed E-state index contributed by atoms with van der Waals surface area (Å²) in [6.45, 7) is 2.21. The largest absolute Gasteiger partial charge is 0.294 e. The molecule has 0 aromatic carbocycles. The van der Waals surface area contributed by atoms with Gasteiger partial charge in [-0.2, -0.15) is 5.10 Å². The van der Waals surface area contributed by atoms with Crippen LogP contribution in [0, 0.1) is 0 Å². The van der Waals surface area contributed by atoms with Gasteiger partial charge in [0.25, 0.3) is 0 Å². The van der Waals surface area contributed by atoms with Crippen LogP contribution in [0.3, 0.4) is 0 Å². The zero-order chi connectivity index (χ0) is 11.8. The van der Waals surface area contributed by atoms with Crippen molar-refractivity contribution in [2.24, 2.45) is 7.05 Å². The molecule has 0 amide bonds. The number of hydrogen-bond acceptors (Lipinski definition) is 2. The standard InChI is InChI=1S/C13H22N2O/c1-3-4-5-6-7-8-9-13(16)12-10-14-15(2)11-12/h10-11H,3-9H2,1-2H3. The molecule has 3 nitrogen and oxygen atoms in total. The van der Waals surface area contributed by atoms with E-state index < -0.39 is 0 Å². The van der Waals surface area contributed by atoms with Crippen LogP contribution in [0.2, 0.25) is 0 Å². The van der Waals surface area contributed by atoms with E-state index in [9.17, 15) is 4.79 Å². The Hall–Kier alpha value is -1.12. The second-order valence-electron chi connectivity index (χ2n) is 4.34. The summed E-state index contributed by atoms with van der Waals surface area (Å²) in [7, 11) is 1.83. The molecule has 0 aliphatic rings. The van der Waals surface area contributed by atoms with Gasteiger partial charge in [0, 0.05) is 19.7 Å². The Labute approximate surface area is 97.8 Å². The number of carbonyl (C=O) groups is 1. The van der Waals surface area contributed by atoms with Gasteiger partial charge >= 0.3 is 0 Å². The van der Waals surface area contributed by atoms with Crippen molar-refractivity contribution in [2.45, 2.75) is 51.9 Å². The summed E-state index contributed by atoms with van der Waals surface area (Å²) in [6, 6.07) is 0. The number of unbranched alkanes of at least 4 members (excludes halogenated alkanes) is 5. The lowest BCUT2D eigenvalue weighted by molar-refractivity contribution is 0.0979. The predicted molar refractivity (Wildman–Crippen MR) is 65.5 cm³/mol. The molecule has 3 heteroatoms. The first-order chi connectivity index (χ1) is 7.74. The molecule has 0 aliphatic heterocycles. The van der Waals surface area contributed by atoms with Crippen LogP contribution in [0.4, 0.5) is 0 Å². The van der Waals surface area contributed by atoms with Gasteiger partial charge in [-0.15, -0.1) is 0 Å². The van der Waals surface area contributed by atoms with Crippen LogP contribution in [-0.4, -0.2) is 15.6 Å². The van der Waals surface area contributed by atoms with Gasteiger partial charge in [0.2, 0.25) is 0 Å². The molecule has 16 heavy (non-hydrogen) atoms. The third kappa shape index (κ3) is 4.60. The summed E-state index contributed by atoms with van der Waals surface area (Å²) >= 11 is 0. The van der Waals surface area contributed by atoms with Crippen molar-refractivity contribution in [3.63, 3.8) is 0 Å². The molecule has 1 heterocycles. The van der Waals surface area contributed by atoms with E-state index in [4.69, 9.17) is 0 Å². The Bertz CT molecular complexity index is 317. The highest BCUT2D eigenvalue weighted by atomic mass is 16.1. The second kappa shape index (κ2) is 7.20. The average Bonchev–Trinajstić information content (AvgIpc) is 2.70. The molecular weight excluding hydrogens is 200 g/mol. The molecule has 1 rings (SSSR count). The van der Waals surface area contributed by atoms with Gasteiger partial charge in [-0.25, -0.2) is 0 Å². The minimum Gasteiger partial charge on any atom is -0.294 e. The number of aryl methyl sites for hydroxylation is 1. The monoisotopic (exact) mass is 222 g/mol. The molecular formula is C13H22N2O. The number of ketones is 1. The number of Topliss-reactive ketones (excluding diaryl/α,β-unsaturated/α-hetero) is 1. The first-order valence-corrected chi connectivity index (χ1v) is 6.26. The highest BCUT2D eigenvalue weighted by Gasteiger charge is 2.06. The van der Waals surface area contributed by atoms with E-state index in [0.29, 0.717) is 6.42 Å². The van der Waals surface area contributed by atoms with Crippen LogP contribution in [-0.2, 0) is 7.05 Å². The maximum absolute atomic E-state index is 11.7. The smallest absolute Gasteiger partial charge is 0.166 e. The fourth-order valence-electron chi connectivity index (χ4n) is 1.78. The van der Waals surface area contributed by atoms with Crippen molar-refractivity contribution >= 4 is 5.78 Å². The maximum atomic E-state index is 11.7. The van der Waals surface area contributed by atoms with Crippen LogP contribution in [0.1, 0.15) is 62.2 Å². The Balaban J connectivity index is 2.11. The molecule has 0 aliphatic carbocycles.